The molecule has 0 radical (unpaired) electrons. The van der Waals surface area contributed by atoms with Crippen molar-refractivity contribution < 1.29 is 9.53 Å². The third kappa shape index (κ3) is 3.01. The Labute approximate surface area is 163 Å². The predicted molar refractivity (Wildman–Crippen MR) is 112 cm³/mol. The van der Waals surface area contributed by atoms with Crippen molar-refractivity contribution in [2.24, 2.45) is 0 Å². The molecule has 136 valence electrons. The van der Waals surface area contributed by atoms with E-state index in [0.717, 1.165) is 39.1 Å². The molecule has 0 aliphatic carbocycles. The van der Waals surface area contributed by atoms with Crippen molar-refractivity contribution in [2.45, 2.75) is 12.3 Å². The van der Waals surface area contributed by atoms with Crippen molar-refractivity contribution in [2.75, 3.05) is 5.32 Å². The molecule has 1 N–H and O–H groups in total. The highest BCUT2D eigenvalue weighted by Gasteiger charge is 2.28. The lowest BCUT2D eigenvalue weighted by Gasteiger charge is -2.27. The first-order chi connectivity index (χ1) is 13.8. The third-order valence-corrected chi connectivity index (χ3v) is 5.23. The number of hydrogen-bond acceptors (Lipinski definition) is 2. The van der Waals surface area contributed by atoms with E-state index in [1.54, 1.807) is 0 Å². The van der Waals surface area contributed by atoms with Crippen LogP contribution < -0.4 is 10.1 Å². The highest BCUT2D eigenvalue weighted by atomic mass is 16.5. The molecule has 0 bridgehead atoms. The van der Waals surface area contributed by atoms with Crippen LogP contribution in [0.3, 0.4) is 0 Å². The molecule has 3 heteroatoms. The quantitative estimate of drug-likeness (QED) is 0.476. The highest BCUT2D eigenvalue weighted by molar-refractivity contribution is 6.06. The van der Waals surface area contributed by atoms with E-state index >= 15 is 0 Å². The molecule has 1 amide bonds. The Hall–Kier alpha value is -3.59. The van der Waals surface area contributed by atoms with E-state index < -0.39 is 0 Å². The lowest BCUT2D eigenvalue weighted by atomic mass is 9.83. The van der Waals surface area contributed by atoms with Crippen molar-refractivity contribution in [3.63, 3.8) is 0 Å². The van der Waals surface area contributed by atoms with Gasteiger partial charge < -0.3 is 10.1 Å². The maximum Gasteiger partial charge on any atom is 0.225 e. The van der Waals surface area contributed by atoms with E-state index in [4.69, 9.17) is 4.74 Å². The largest absolute Gasteiger partial charge is 0.457 e. The summed E-state index contributed by atoms with van der Waals surface area (Å²) in [5.74, 6) is 1.63. The van der Waals surface area contributed by atoms with Crippen LogP contribution in [0.4, 0.5) is 5.69 Å². The number of carbonyl (C=O) groups is 1. The Morgan fingerprint density at radius 3 is 2.46 bits per heavy atom. The molecule has 28 heavy (non-hydrogen) atoms. The molecule has 0 aromatic heterocycles. The van der Waals surface area contributed by atoms with Crippen molar-refractivity contribution in [1.82, 2.24) is 0 Å². The van der Waals surface area contributed by atoms with E-state index in [1.807, 2.05) is 60.7 Å². The molecule has 1 heterocycles. The summed E-state index contributed by atoms with van der Waals surface area (Å²) in [4.78, 5) is 12.5. The predicted octanol–water partition coefficient (Wildman–Crippen LogP) is 6.11. The number of rotatable bonds is 3. The maximum absolute atomic E-state index is 12.5. The number of amides is 1. The first-order valence-electron chi connectivity index (χ1n) is 9.42. The monoisotopic (exact) mass is 365 g/mol. The van der Waals surface area contributed by atoms with Gasteiger partial charge in [-0.3, -0.25) is 4.79 Å². The molecule has 4 aromatic rings. The SMILES string of the molecule is O=C1C[C@@H](c2cccc(Oc3ccccc3)c2)c2ccc3ccccc3c2N1. The van der Waals surface area contributed by atoms with Crippen LogP contribution in [0.15, 0.2) is 91.0 Å². The van der Waals surface area contributed by atoms with E-state index in [9.17, 15) is 4.79 Å². The fraction of sp³-hybridized carbons (Fsp3) is 0.0800. The Morgan fingerprint density at radius 1 is 0.786 bits per heavy atom. The third-order valence-electron chi connectivity index (χ3n) is 5.23. The zero-order valence-corrected chi connectivity index (χ0v) is 15.3. The number of nitrogens with one attached hydrogen (secondary N) is 1. The highest BCUT2D eigenvalue weighted by Crippen LogP contribution is 2.41. The number of carbonyl (C=O) groups excluding carboxylic acids is 1. The Kier molecular flexibility index (Phi) is 4.06. The number of ether oxygens (including phenoxy) is 1. The summed E-state index contributed by atoms with van der Waals surface area (Å²) < 4.78 is 5.99. The van der Waals surface area contributed by atoms with E-state index in [1.165, 1.54) is 0 Å². The first kappa shape index (κ1) is 16.6. The number of anilines is 1. The molecule has 1 aliphatic heterocycles. The van der Waals surface area contributed by atoms with Gasteiger partial charge in [0.1, 0.15) is 11.5 Å². The van der Waals surface area contributed by atoms with Crippen LogP contribution in [0.5, 0.6) is 11.5 Å². The van der Waals surface area contributed by atoms with Gasteiger partial charge in [-0.1, -0.05) is 66.7 Å². The van der Waals surface area contributed by atoms with Crippen molar-refractivity contribution in [3.05, 3.63) is 102 Å². The molecule has 1 aliphatic rings. The van der Waals surface area contributed by atoms with Gasteiger partial charge in [-0.05, 0) is 40.8 Å². The topological polar surface area (TPSA) is 38.3 Å². The summed E-state index contributed by atoms with van der Waals surface area (Å²) in [6, 6.07) is 30.2. The molecule has 0 unspecified atom stereocenters. The molecular formula is C25H19NO2. The zero-order chi connectivity index (χ0) is 18.9. The van der Waals surface area contributed by atoms with Gasteiger partial charge in [-0.15, -0.1) is 0 Å². The first-order valence-corrected chi connectivity index (χ1v) is 9.42. The molecule has 0 saturated heterocycles. The Morgan fingerprint density at radius 2 is 1.57 bits per heavy atom. The molecule has 4 aromatic carbocycles. The molecule has 0 spiro atoms. The van der Waals surface area contributed by atoms with E-state index in [-0.39, 0.29) is 11.8 Å². The Bertz CT molecular complexity index is 1170. The maximum atomic E-state index is 12.5. The average Bonchev–Trinajstić information content (AvgIpc) is 2.74. The van der Waals surface area contributed by atoms with Crippen molar-refractivity contribution in [1.29, 1.82) is 0 Å². The lowest BCUT2D eigenvalue weighted by molar-refractivity contribution is -0.116. The van der Waals surface area contributed by atoms with Gasteiger partial charge in [0.2, 0.25) is 5.91 Å². The van der Waals surface area contributed by atoms with Crippen LogP contribution >= 0.6 is 0 Å². The number of hydrogen-bond donors (Lipinski definition) is 1. The number of fused-ring (bicyclic) bond motifs is 3. The van der Waals surface area contributed by atoms with Gasteiger partial charge in [0.15, 0.2) is 0 Å². The minimum atomic E-state index is 0.00711. The van der Waals surface area contributed by atoms with Gasteiger partial charge in [-0.2, -0.15) is 0 Å². The smallest absolute Gasteiger partial charge is 0.225 e. The normalized spacial score (nSPS) is 15.7. The summed E-state index contributed by atoms with van der Waals surface area (Å²) >= 11 is 0. The van der Waals surface area contributed by atoms with Gasteiger partial charge in [0.05, 0.1) is 5.69 Å². The summed E-state index contributed by atoms with van der Waals surface area (Å²) in [5.41, 5.74) is 3.16. The summed E-state index contributed by atoms with van der Waals surface area (Å²) in [7, 11) is 0. The number of benzene rings is 4. The van der Waals surface area contributed by atoms with Crippen LogP contribution in [0.2, 0.25) is 0 Å². The minimum Gasteiger partial charge on any atom is -0.457 e. The second-order valence-electron chi connectivity index (χ2n) is 7.04. The van der Waals surface area contributed by atoms with Gasteiger partial charge in [-0.25, -0.2) is 0 Å². The van der Waals surface area contributed by atoms with Crippen molar-refractivity contribution in [3.8, 4) is 11.5 Å². The van der Waals surface area contributed by atoms with Crippen LogP contribution in [0.25, 0.3) is 10.8 Å². The summed E-state index contributed by atoms with van der Waals surface area (Å²) in [6.07, 6.45) is 0.431. The fourth-order valence-corrected chi connectivity index (χ4v) is 3.92. The average molecular weight is 365 g/mol. The van der Waals surface area contributed by atoms with E-state index in [0.29, 0.717) is 6.42 Å². The second-order valence-corrected chi connectivity index (χ2v) is 7.04. The molecule has 0 saturated carbocycles. The summed E-state index contributed by atoms with van der Waals surface area (Å²) in [5, 5.41) is 5.29. The molecule has 5 rings (SSSR count). The molecule has 1 atom stereocenters. The van der Waals surface area contributed by atoms with Gasteiger partial charge in [0, 0.05) is 17.7 Å². The Balaban J connectivity index is 1.56. The van der Waals surface area contributed by atoms with Crippen LogP contribution in [-0.2, 0) is 4.79 Å². The standard InChI is InChI=1S/C25H19NO2/c27-24-16-23(22-14-13-17-7-4-5-12-21(17)25(22)26-24)18-8-6-11-20(15-18)28-19-9-2-1-3-10-19/h1-15,23H,16H2,(H,26,27)/t23-/m0/s1. The summed E-state index contributed by atoms with van der Waals surface area (Å²) in [6.45, 7) is 0. The molecular weight excluding hydrogens is 346 g/mol. The minimum absolute atomic E-state index is 0.00711. The fourth-order valence-electron chi connectivity index (χ4n) is 3.92. The lowest BCUT2D eigenvalue weighted by Crippen LogP contribution is -2.23. The molecule has 3 nitrogen and oxygen atoms in total. The van der Waals surface area contributed by atoms with Crippen LogP contribution in [-0.4, -0.2) is 5.91 Å². The van der Waals surface area contributed by atoms with Gasteiger partial charge in [0.25, 0.3) is 0 Å². The molecule has 0 fully saturated rings. The van der Waals surface area contributed by atoms with Crippen LogP contribution in [0, 0.1) is 0 Å². The van der Waals surface area contributed by atoms with Gasteiger partial charge >= 0.3 is 0 Å². The second kappa shape index (κ2) is 6.86. The van der Waals surface area contributed by atoms with Crippen LogP contribution in [0.1, 0.15) is 23.5 Å². The van der Waals surface area contributed by atoms with Crippen molar-refractivity contribution >= 4 is 22.4 Å². The number of para-hydroxylation sites is 1. The van der Waals surface area contributed by atoms with E-state index in [2.05, 4.69) is 35.6 Å². The zero-order valence-electron chi connectivity index (χ0n) is 15.3.